The van der Waals surface area contributed by atoms with Gasteiger partial charge in [-0.2, -0.15) is 0 Å². The van der Waals surface area contributed by atoms with Gasteiger partial charge in [-0.3, -0.25) is 9.59 Å². The lowest BCUT2D eigenvalue weighted by Crippen LogP contribution is -2.43. The zero-order valence-corrected chi connectivity index (χ0v) is 15.9. The Morgan fingerprint density at radius 1 is 1.19 bits per heavy atom. The van der Waals surface area contributed by atoms with Crippen LogP contribution in [0.4, 0.5) is 0 Å². The Balaban J connectivity index is 3.54. The Labute approximate surface area is 159 Å². The normalized spacial score (nSPS) is 12.4. The summed E-state index contributed by atoms with van der Waals surface area (Å²) in [5.74, 6) is -1.20. The number of amides is 1. The Morgan fingerprint density at radius 2 is 1.70 bits per heavy atom. The maximum atomic E-state index is 12.3. The monoisotopic (exact) mass is 374 g/mol. The summed E-state index contributed by atoms with van der Waals surface area (Å²) in [6, 6.07) is 1.51. The first-order chi connectivity index (χ1) is 12.7. The molecule has 2 atom stereocenters. The first kappa shape index (κ1) is 22.1. The Bertz CT molecular complexity index is 709. The SMILES string of the molecule is C=CCc1cc(C(NC(=O)[C@@H](C)N)C(=O)OC)cc(CC=C)c1OC(C)=O. The molecule has 0 radical (unpaired) electrons. The van der Waals surface area contributed by atoms with Gasteiger partial charge in [0.1, 0.15) is 5.75 Å². The summed E-state index contributed by atoms with van der Waals surface area (Å²) in [6.45, 7) is 10.2. The molecule has 3 N–H and O–H groups in total. The van der Waals surface area contributed by atoms with Gasteiger partial charge < -0.3 is 20.5 Å². The predicted molar refractivity (Wildman–Crippen MR) is 102 cm³/mol. The molecular weight excluding hydrogens is 348 g/mol. The van der Waals surface area contributed by atoms with E-state index >= 15 is 0 Å². The van der Waals surface area contributed by atoms with Crippen LogP contribution < -0.4 is 15.8 Å². The smallest absolute Gasteiger partial charge is 0.333 e. The van der Waals surface area contributed by atoms with Crippen LogP contribution in [0.5, 0.6) is 5.75 Å². The molecule has 0 saturated carbocycles. The number of carbonyl (C=O) groups is 3. The van der Waals surface area contributed by atoms with Crippen molar-refractivity contribution in [3.05, 3.63) is 54.1 Å². The molecule has 0 aliphatic heterocycles. The average molecular weight is 374 g/mol. The maximum Gasteiger partial charge on any atom is 0.333 e. The van der Waals surface area contributed by atoms with E-state index in [-0.39, 0.29) is 0 Å². The van der Waals surface area contributed by atoms with Gasteiger partial charge in [-0.25, -0.2) is 4.79 Å². The van der Waals surface area contributed by atoms with Crippen LogP contribution in [0, 0.1) is 0 Å². The van der Waals surface area contributed by atoms with Crippen molar-refractivity contribution in [2.75, 3.05) is 7.11 Å². The lowest BCUT2D eigenvalue weighted by atomic mass is 9.95. The van der Waals surface area contributed by atoms with Gasteiger partial charge in [0.25, 0.3) is 0 Å². The molecular formula is C20H26N2O5. The fourth-order valence-electron chi connectivity index (χ4n) is 2.51. The third-order valence-electron chi connectivity index (χ3n) is 3.71. The Kier molecular flexibility index (Phi) is 8.41. The lowest BCUT2D eigenvalue weighted by Gasteiger charge is -2.21. The van der Waals surface area contributed by atoms with Crippen LogP contribution in [-0.4, -0.2) is 31.0 Å². The van der Waals surface area contributed by atoms with Crippen LogP contribution in [0.3, 0.4) is 0 Å². The van der Waals surface area contributed by atoms with Crippen LogP contribution in [0.1, 0.15) is 36.6 Å². The number of nitrogens with two attached hydrogens (primary N) is 1. The van der Waals surface area contributed by atoms with E-state index in [1.165, 1.54) is 21.0 Å². The number of ether oxygens (including phenoxy) is 2. The summed E-state index contributed by atoms with van der Waals surface area (Å²) in [4.78, 5) is 35.8. The van der Waals surface area contributed by atoms with Crippen molar-refractivity contribution in [1.29, 1.82) is 0 Å². The van der Waals surface area contributed by atoms with Crippen LogP contribution in [-0.2, 0) is 32.0 Å². The minimum Gasteiger partial charge on any atom is -0.467 e. The third-order valence-corrected chi connectivity index (χ3v) is 3.71. The molecule has 0 bridgehead atoms. The first-order valence-corrected chi connectivity index (χ1v) is 8.44. The number of rotatable bonds is 9. The van der Waals surface area contributed by atoms with Gasteiger partial charge in [-0.05, 0) is 48.6 Å². The van der Waals surface area contributed by atoms with Crippen LogP contribution in [0.25, 0.3) is 0 Å². The highest BCUT2D eigenvalue weighted by molar-refractivity contribution is 5.88. The number of carbonyl (C=O) groups excluding carboxylic acids is 3. The number of hydrogen-bond acceptors (Lipinski definition) is 6. The molecule has 1 amide bonds. The van der Waals surface area contributed by atoms with Crippen molar-refractivity contribution in [2.45, 2.75) is 38.8 Å². The van der Waals surface area contributed by atoms with Gasteiger partial charge in [0.2, 0.25) is 5.91 Å². The second-order valence-electron chi connectivity index (χ2n) is 6.00. The van der Waals surface area contributed by atoms with E-state index in [9.17, 15) is 14.4 Å². The zero-order chi connectivity index (χ0) is 20.6. The molecule has 27 heavy (non-hydrogen) atoms. The van der Waals surface area contributed by atoms with Gasteiger partial charge in [0.05, 0.1) is 13.2 Å². The van der Waals surface area contributed by atoms with Crippen LogP contribution in [0.15, 0.2) is 37.4 Å². The molecule has 1 aromatic carbocycles. The summed E-state index contributed by atoms with van der Waals surface area (Å²) in [6.07, 6.45) is 4.10. The number of esters is 2. The van der Waals surface area contributed by atoms with Crippen molar-refractivity contribution in [3.8, 4) is 5.75 Å². The molecule has 7 heteroatoms. The molecule has 0 fully saturated rings. The van der Waals surface area contributed by atoms with Crippen molar-refractivity contribution in [3.63, 3.8) is 0 Å². The summed E-state index contributed by atoms with van der Waals surface area (Å²) in [5, 5.41) is 2.58. The minimum absolute atomic E-state index is 0.396. The topological polar surface area (TPSA) is 108 Å². The molecule has 1 unspecified atom stereocenters. The van der Waals surface area contributed by atoms with E-state index < -0.39 is 29.9 Å². The maximum absolute atomic E-state index is 12.3. The van der Waals surface area contributed by atoms with E-state index in [1.54, 1.807) is 24.3 Å². The predicted octanol–water partition coefficient (Wildman–Crippen LogP) is 1.75. The molecule has 0 saturated heterocycles. The van der Waals surface area contributed by atoms with Crippen LogP contribution in [0.2, 0.25) is 0 Å². The molecule has 0 aliphatic carbocycles. The summed E-state index contributed by atoms with van der Waals surface area (Å²) in [5.41, 5.74) is 7.38. The highest BCUT2D eigenvalue weighted by atomic mass is 16.5. The fraction of sp³-hybridized carbons (Fsp3) is 0.350. The molecule has 0 aromatic heterocycles. The summed E-state index contributed by atoms with van der Waals surface area (Å²) >= 11 is 0. The van der Waals surface area contributed by atoms with Gasteiger partial charge in [-0.15, -0.1) is 13.2 Å². The summed E-state index contributed by atoms with van der Waals surface area (Å²) < 4.78 is 10.2. The van der Waals surface area contributed by atoms with Crippen molar-refractivity contribution in [1.82, 2.24) is 5.32 Å². The second-order valence-corrected chi connectivity index (χ2v) is 6.00. The highest BCUT2D eigenvalue weighted by Crippen LogP contribution is 2.31. The van der Waals surface area contributed by atoms with E-state index in [4.69, 9.17) is 15.2 Å². The van der Waals surface area contributed by atoms with Crippen molar-refractivity contribution in [2.24, 2.45) is 5.73 Å². The lowest BCUT2D eigenvalue weighted by molar-refractivity contribution is -0.145. The second kappa shape index (κ2) is 10.3. The molecule has 0 spiro atoms. The number of nitrogens with one attached hydrogen (secondary N) is 1. The average Bonchev–Trinajstić information content (AvgIpc) is 2.61. The van der Waals surface area contributed by atoms with Gasteiger partial charge in [0, 0.05) is 6.92 Å². The molecule has 0 aliphatic rings. The molecule has 7 nitrogen and oxygen atoms in total. The van der Waals surface area contributed by atoms with E-state index in [2.05, 4.69) is 18.5 Å². The standard InChI is InChI=1S/C20H26N2O5/c1-6-8-14-10-16(11-15(9-7-2)18(14)27-13(4)23)17(20(25)26-5)22-19(24)12(3)21/h6-7,10-12,17H,1-2,8-9,21H2,3-5H3,(H,22,24)/t12-,17?/m1/s1. The zero-order valence-electron chi connectivity index (χ0n) is 15.9. The molecule has 1 rings (SSSR count). The third kappa shape index (κ3) is 6.07. The number of benzene rings is 1. The van der Waals surface area contributed by atoms with Crippen molar-refractivity contribution >= 4 is 17.8 Å². The minimum atomic E-state index is -1.05. The summed E-state index contributed by atoms with van der Waals surface area (Å²) in [7, 11) is 1.23. The highest BCUT2D eigenvalue weighted by Gasteiger charge is 2.27. The van der Waals surface area contributed by atoms with Crippen molar-refractivity contribution < 1.29 is 23.9 Å². The van der Waals surface area contributed by atoms with Gasteiger partial charge >= 0.3 is 11.9 Å². The molecule has 146 valence electrons. The number of allylic oxidation sites excluding steroid dienone is 2. The number of hydrogen-bond donors (Lipinski definition) is 2. The largest absolute Gasteiger partial charge is 0.467 e. The quantitative estimate of drug-likeness (QED) is 0.387. The molecule has 0 heterocycles. The van der Waals surface area contributed by atoms with Gasteiger partial charge in [-0.1, -0.05) is 12.2 Å². The van der Waals surface area contributed by atoms with E-state index in [0.29, 0.717) is 35.3 Å². The Morgan fingerprint density at radius 3 is 2.07 bits per heavy atom. The number of methoxy groups -OCH3 is 1. The van der Waals surface area contributed by atoms with Crippen LogP contribution >= 0.6 is 0 Å². The van der Waals surface area contributed by atoms with E-state index in [1.807, 2.05) is 0 Å². The Hall–Kier alpha value is -2.93. The van der Waals surface area contributed by atoms with Gasteiger partial charge in [0.15, 0.2) is 6.04 Å². The first-order valence-electron chi connectivity index (χ1n) is 8.44. The fourth-order valence-corrected chi connectivity index (χ4v) is 2.51. The van der Waals surface area contributed by atoms with E-state index in [0.717, 1.165) is 0 Å². The molecule has 1 aromatic rings.